The lowest BCUT2D eigenvalue weighted by Gasteiger charge is -2.29. The summed E-state index contributed by atoms with van der Waals surface area (Å²) < 4.78 is 0.834. The molecule has 20 heavy (non-hydrogen) atoms. The topological polar surface area (TPSA) is 17.1 Å². The van der Waals surface area contributed by atoms with E-state index in [0.717, 1.165) is 22.4 Å². The zero-order chi connectivity index (χ0) is 13.7. The molecule has 0 aliphatic carbocycles. The Balaban J connectivity index is 0.00000200. The predicted molar refractivity (Wildman–Crippen MR) is 80.4 cm³/mol. The monoisotopic (exact) mass is 401 g/mol. The van der Waals surface area contributed by atoms with E-state index in [1.165, 1.54) is 16.9 Å². The molecule has 4 heteroatoms. The number of benzene rings is 1. The summed E-state index contributed by atoms with van der Waals surface area (Å²) in [6.07, 6.45) is 0.611. The van der Waals surface area contributed by atoms with E-state index in [-0.39, 0.29) is 29.8 Å². The number of ketones is 1. The minimum absolute atomic E-state index is 0. The third-order valence-corrected chi connectivity index (χ3v) is 4.10. The lowest BCUT2D eigenvalue weighted by Crippen LogP contribution is -3.00. The summed E-state index contributed by atoms with van der Waals surface area (Å²) in [5.74, 6) is 0.259. The van der Waals surface area contributed by atoms with Gasteiger partial charge in [-0.25, -0.2) is 0 Å². The highest BCUT2D eigenvalue weighted by atomic mass is 127. The van der Waals surface area contributed by atoms with Crippen LogP contribution in [0.2, 0.25) is 0 Å². The Bertz CT molecular complexity index is 523. The number of hydrogen-bond acceptors (Lipinski definition) is 2. The Kier molecular flexibility index (Phi) is 6.85. The van der Waals surface area contributed by atoms with E-state index in [4.69, 9.17) is 0 Å². The summed E-state index contributed by atoms with van der Waals surface area (Å²) in [4.78, 5) is 12.9. The third-order valence-electron chi connectivity index (χ3n) is 3.19. The Morgan fingerprint density at radius 3 is 2.40 bits per heavy atom. The van der Waals surface area contributed by atoms with Gasteiger partial charge < -0.3 is 28.5 Å². The number of Topliss-reactive ketones (excluding diaryl/α,β-unsaturated/α-hetero) is 1. The molecule has 2 aromatic rings. The van der Waals surface area contributed by atoms with E-state index in [1.54, 1.807) is 0 Å². The van der Waals surface area contributed by atoms with Gasteiger partial charge in [0.1, 0.15) is 6.54 Å². The molecular formula is C16H20INOS. The standard InChI is InChI=1S/C16H20NOS.HI/c1-17(2,13-14-7-4-3-5-8-14)11-10-15(18)16-9-6-12-19-16;/h3-9,12H,10-11,13H2,1-2H3;1H/q+1;/p-1. The molecule has 0 unspecified atom stereocenters. The first-order chi connectivity index (χ1) is 9.07. The summed E-state index contributed by atoms with van der Waals surface area (Å²) in [5, 5.41) is 1.96. The van der Waals surface area contributed by atoms with Gasteiger partial charge in [-0.1, -0.05) is 36.4 Å². The Hall–Kier alpha value is -0.720. The Morgan fingerprint density at radius 2 is 1.80 bits per heavy atom. The van der Waals surface area contributed by atoms with Crippen LogP contribution in [-0.2, 0) is 6.54 Å². The zero-order valence-electron chi connectivity index (χ0n) is 11.9. The van der Waals surface area contributed by atoms with E-state index in [9.17, 15) is 4.79 Å². The average molecular weight is 401 g/mol. The van der Waals surface area contributed by atoms with Gasteiger partial charge in [-0.15, -0.1) is 11.3 Å². The smallest absolute Gasteiger partial charge is 0.178 e. The fourth-order valence-corrected chi connectivity index (χ4v) is 2.82. The highest BCUT2D eigenvalue weighted by molar-refractivity contribution is 7.12. The Labute approximate surface area is 142 Å². The number of quaternary nitrogens is 1. The number of carbonyl (C=O) groups is 1. The molecular weight excluding hydrogens is 381 g/mol. The number of nitrogens with zero attached hydrogens (tertiary/aromatic N) is 1. The van der Waals surface area contributed by atoms with Crippen molar-refractivity contribution in [2.45, 2.75) is 13.0 Å². The minimum Gasteiger partial charge on any atom is -1.00 e. The van der Waals surface area contributed by atoms with Crippen molar-refractivity contribution in [3.05, 3.63) is 58.3 Å². The van der Waals surface area contributed by atoms with Gasteiger partial charge in [0.2, 0.25) is 0 Å². The number of hydrogen-bond donors (Lipinski definition) is 0. The highest BCUT2D eigenvalue weighted by Gasteiger charge is 2.18. The van der Waals surface area contributed by atoms with E-state index in [0.29, 0.717) is 6.42 Å². The summed E-state index contributed by atoms with van der Waals surface area (Å²) >= 11 is 1.53. The van der Waals surface area contributed by atoms with Crippen LogP contribution in [0.5, 0.6) is 0 Å². The molecule has 0 radical (unpaired) electrons. The van der Waals surface area contributed by atoms with Gasteiger partial charge in [-0.05, 0) is 11.4 Å². The summed E-state index contributed by atoms with van der Waals surface area (Å²) in [6.45, 7) is 1.82. The van der Waals surface area contributed by atoms with Crippen LogP contribution < -0.4 is 24.0 Å². The van der Waals surface area contributed by atoms with Crippen LogP contribution in [0.1, 0.15) is 21.7 Å². The highest BCUT2D eigenvalue weighted by Crippen LogP contribution is 2.14. The second kappa shape index (κ2) is 7.90. The summed E-state index contributed by atoms with van der Waals surface area (Å²) in [5.41, 5.74) is 1.32. The fourth-order valence-electron chi connectivity index (χ4n) is 2.12. The van der Waals surface area contributed by atoms with Gasteiger partial charge in [0.05, 0.1) is 31.9 Å². The van der Waals surface area contributed by atoms with Crippen LogP contribution in [0.15, 0.2) is 47.8 Å². The van der Waals surface area contributed by atoms with Crippen molar-refractivity contribution >= 4 is 17.1 Å². The fraction of sp³-hybridized carbons (Fsp3) is 0.312. The maximum absolute atomic E-state index is 12.0. The van der Waals surface area contributed by atoms with Crippen molar-refractivity contribution in [3.63, 3.8) is 0 Å². The van der Waals surface area contributed by atoms with Gasteiger partial charge in [-0.3, -0.25) is 4.79 Å². The van der Waals surface area contributed by atoms with E-state index >= 15 is 0 Å². The van der Waals surface area contributed by atoms with Gasteiger partial charge in [0, 0.05) is 5.56 Å². The molecule has 0 atom stereocenters. The van der Waals surface area contributed by atoms with Crippen molar-refractivity contribution < 1.29 is 33.3 Å². The first kappa shape index (κ1) is 17.3. The van der Waals surface area contributed by atoms with Crippen LogP contribution in [0.4, 0.5) is 0 Å². The lowest BCUT2D eigenvalue weighted by molar-refractivity contribution is -0.903. The molecule has 1 aromatic carbocycles. The number of rotatable bonds is 6. The van der Waals surface area contributed by atoms with Crippen molar-refractivity contribution in [3.8, 4) is 0 Å². The SMILES string of the molecule is C[N+](C)(CCC(=O)c1cccs1)Cc1ccccc1.[I-]. The molecule has 0 amide bonds. The summed E-state index contributed by atoms with van der Waals surface area (Å²) in [7, 11) is 4.35. The van der Waals surface area contributed by atoms with Crippen LogP contribution >= 0.6 is 11.3 Å². The molecule has 0 fully saturated rings. The van der Waals surface area contributed by atoms with Gasteiger partial charge in [-0.2, -0.15) is 0 Å². The molecule has 1 heterocycles. The molecule has 0 saturated carbocycles. The Morgan fingerprint density at radius 1 is 1.10 bits per heavy atom. The molecule has 0 aliphatic heterocycles. The van der Waals surface area contributed by atoms with Crippen molar-refractivity contribution in [1.29, 1.82) is 0 Å². The molecule has 0 spiro atoms. The molecule has 0 saturated heterocycles. The zero-order valence-corrected chi connectivity index (χ0v) is 14.9. The molecule has 108 valence electrons. The van der Waals surface area contributed by atoms with Gasteiger partial charge in [0.15, 0.2) is 5.78 Å². The van der Waals surface area contributed by atoms with Crippen LogP contribution in [0.25, 0.3) is 0 Å². The maximum Gasteiger partial charge on any atom is 0.178 e. The van der Waals surface area contributed by atoms with Gasteiger partial charge in [0.25, 0.3) is 0 Å². The van der Waals surface area contributed by atoms with Crippen molar-refractivity contribution in [1.82, 2.24) is 0 Å². The van der Waals surface area contributed by atoms with Crippen LogP contribution in [0.3, 0.4) is 0 Å². The van der Waals surface area contributed by atoms with E-state index in [1.807, 2.05) is 23.6 Å². The number of thiophene rings is 1. The second-order valence-electron chi connectivity index (χ2n) is 5.45. The maximum atomic E-state index is 12.0. The van der Waals surface area contributed by atoms with Crippen LogP contribution in [-0.4, -0.2) is 30.9 Å². The predicted octanol–water partition coefficient (Wildman–Crippen LogP) is 0.602. The first-order valence-corrected chi connectivity index (χ1v) is 7.37. The molecule has 0 bridgehead atoms. The average Bonchev–Trinajstić information content (AvgIpc) is 2.91. The first-order valence-electron chi connectivity index (χ1n) is 6.49. The third kappa shape index (κ3) is 5.34. The molecule has 0 N–H and O–H groups in total. The molecule has 2 rings (SSSR count). The van der Waals surface area contributed by atoms with E-state index < -0.39 is 0 Å². The second-order valence-corrected chi connectivity index (χ2v) is 6.40. The van der Waals surface area contributed by atoms with Crippen LogP contribution in [0, 0.1) is 0 Å². The number of carbonyl (C=O) groups excluding carboxylic acids is 1. The lowest BCUT2D eigenvalue weighted by atomic mass is 10.1. The largest absolute Gasteiger partial charge is 1.00 e. The quantitative estimate of drug-likeness (QED) is 0.394. The molecule has 0 aliphatic rings. The molecule has 1 aromatic heterocycles. The van der Waals surface area contributed by atoms with Crippen molar-refractivity contribution in [2.24, 2.45) is 0 Å². The van der Waals surface area contributed by atoms with Gasteiger partial charge >= 0.3 is 0 Å². The number of halogens is 1. The normalized spacial score (nSPS) is 10.9. The molecule has 2 nitrogen and oxygen atoms in total. The summed E-state index contributed by atoms with van der Waals surface area (Å²) in [6, 6.07) is 14.3. The van der Waals surface area contributed by atoms with E-state index in [2.05, 4.69) is 38.4 Å². The minimum atomic E-state index is 0. The van der Waals surface area contributed by atoms with Crippen molar-refractivity contribution in [2.75, 3.05) is 20.6 Å².